The lowest BCUT2D eigenvalue weighted by Crippen LogP contribution is -2.35. The van der Waals surface area contributed by atoms with Crippen molar-refractivity contribution in [2.75, 3.05) is 16.2 Å². The predicted octanol–water partition coefficient (Wildman–Crippen LogP) is 4.87. The molecule has 3 aromatic rings. The second-order valence-electron chi connectivity index (χ2n) is 6.94. The Morgan fingerprint density at radius 3 is 2.40 bits per heavy atom. The van der Waals surface area contributed by atoms with Gasteiger partial charge in [-0.3, -0.25) is 9.10 Å². The Balaban J connectivity index is 1.61. The van der Waals surface area contributed by atoms with Gasteiger partial charge in [0.25, 0.3) is 15.9 Å². The van der Waals surface area contributed by atoms with Crippen LogP contribution < -0.4 is 9.62 Å². The van der Waals surface area contributed by atoms with Crippen LogP contribution in [0.25, 0.3) is 0 Å². The van der Waals surface area contributed by atoms with E-state index >= 15 is 0 Å². The van der Waals surface area contributed by atoms with Crippen molar-refractivity contribution in [2.45, 2.75) is 17.7 Å². The molecule has 0 aromatic heterocycles. The van der Waals surface area contributed by atoms with Gasteiger partial charge >= 0.3 is 0 Å². The van der Waals surface area contributed by atoms with Crippen LogP contribution in [-0.4, -0.2) is 20.9 Å². The molecule has 1 amide bonds. The molecule has 154 valence electrons. The van der Waals surface area contributed by atoms with Gasteiger partial charge in [-0.15, -0.1) is 0 Å². The lowest BCUT2D eigenvalue weighted by Gasteiger charge is -2.30. The standard InChI is InChI=1S/C22H18ClFN2O3S/c23-17-4-10-20(11-5-17)30(28,29)26-13-1-2-15-14-16(3-12-21(15)26)22(27)25-19-8-6-18(24)7-9-19/h3-12,14H,1-2,13H2,(H,25,27). The van der Waals surface area contributed by atoms with Gasteiger partial charge in [-0.25, -0.2) is 12.8 Å². The largest absolute Gasteiger partial charge is 0.322 e. The Morgan fingerprint density at radius 2 is 1.70 bits per heavy atom. The van der Waals surface area contributed by atoms with E-state index in [9.17, 15) is 17.6 Å². The number of hydrogen-bond donors (Lipinski definition) is 1. The van der Waals surface area contributed by atoms with Gasteiger partial charge < -0.3 is 5.32 Å². The van der Waals surface area contributed by atoms with Crippen molar-refractivity contribution in [3.63, 3.8) is 0 Å². The first-order chi connectivity index (χ1) is 14.3. The average Bonchev–Trinajstić information content (AvgIpc) is 2.74. The van der Waals surface area contributed by atoms with Crippen molar-refractivity contribution in [2.24, 2.45) is 0 Å². The molecule has 4 rings (SSSR count). The van der Waals surface area contributed by atoms with Crippen LogP contribution in [0.4, 0.5) is 15.8 Å². The highest BCUT2D eigenvalue weighted by Gasteiger charge is 2.29. The second kappa shape index (κ2) is 8.08. The number of benzene rings is 3. The van der Waals surface area contributed by atoms with E-state index in [-0.39, 0.29) is 16.6 Å². The summed E-state index contributed by atoms with van der Waals surface area (Å²) in [4.78, 5) is 12.7. The molecule has 3 aromatic carbocycles. The number of rotatable bonds is 4. The molecule has 8 heteroatoms. The number of fused-ring (bicyclic) bond motifs is 1. The van der Waals surface area contributed by atoms with E-state index in [0.29, 0.717) is 41.3 Å². The molecule has 0 aliphatic carbocycles. The van der Waals surface area contributed by atoms with E-state index in [0.717, 1.165) is 5.56 Å². The molecule has 1 aliphatic heterocycles. The SMILES string of the molecule is O=C(Nc1ccc(F)cc1)c1ccc2c(c1)CCCN2S(=O)(=O)c1ccc(Cl)cc1. The molecule has 0 radical (unpaired) electrons. The number of carbonyl (C=O) groups excluding carboxylic acids is 1. The highest BCUT2D eigenvalue weighted by molar-refractivity contribution is 7.92. The van der Waals surface area contributed by atoms with Gasteiger partial charge in [-0.2, -0.15) is 0 Å². The van der Waals surface area contributed by atoms with Gasteiger partial charge in [0.05, 0.1) is 10.6 Å². The highest BCUT2D eigenvalue weighted by atomic mass is 35.5. The lowest BCUT2D eigenvalue weighted by atomic mass is 10.0. The minimum Gasteiger partial charge on any atom is -0.322 e. The summed E-state index contributed by atoms with van der Waals surface area (Å²) < 4.78 is 40.7. The summed E-state index contributed by atoms with van der Waals surface area (Å²) in [5, 5.41) is 3.18. The third-order valence-electron chi connectivity index (χ3n) is 4.92. The fourth-order valence-electron chi connectivity index (χ4n) is 3.42. The van der Waals surface area contributed by atoms with Crippen molar-refractivity contribution in [3.05, 3.63) is 88.7 Å². The van der Waals surface area contributed by atoms with Crippen LogP contribution in [0.15, 0.2) is 71.6 Å². The second-order valence-corrected chi connectivity index (χ2v) is 9.24. The molecule has 0 atom stereocenters. The number of nitrogens with zero attached hydrogens (tertiary/aromatic N) is 1. The van der Waals surface area contributed by atoms with Gasteiger partial charge in [-0.1, -0.05) is 11.6 Å². The molecule has 0 fully saturated rings. The van der Waals surface area contributed by atoms with Crippen molar-refractivity contribution in [1.29, 1.82) is 0 Å². The molecule has 0 spiro atoms. The van der Waals surface area contributed by atoms with E-state index in [4.69, 9.17) is 11.6 Å². The van der Waals surface area contributed by atoms with Crippen LogP contribution in [0.3, 0.4) is 0 Å². The molecule has 30 heavy (non-hydrogen) atoms. The van der Waals surface area contributed by atoms with Crippen molar-refractivity contribution >= 4 is 38.9 Å². The van der Waals surface area contributed by atoms with Gasteiger partial charge in [0, 0.05) is 22.8 Å². The minimum absolute atomic E-state index is 0.165. The number of aryl methyl sites for hydroxylation is 1. The topological polar surface area (TPSA) is 66.5 Å². The zero-order chi connectivity index (χ0) is 21.3. The first-order valence-electron chi connectivity index (χ1n) is 9.33. The van der Waals surface area contributed by atoms with Crippen LogP contribution in [-0.2, 0) is 16.4 Å². The summed E-state index contributed by atoms with van der Waals surface area (Å²) in [6.45, 7) is 0.360. The monoisotopic (exact) mass is 444 g/mol. The molecule has 0 bridgehead atoms. The molecular formula is C22H18ClFN2O3S. The van der Waals surface area contributed by atoms with E-state index < -0.39 is 10.0 Å². The van der Waals surface area contributed by atoms with E-state index in [1.807, 2.05) is 0 Å². The summed E-state index contributed by atoms with van der Waals surface area (Å²) in [6, 6.07) is 16.5. The van der Waals surface area contributed by atoms with E-state index in [1.165, 1.54) is 40.7 Å². The Bertz CT molecular complexity index is 1200. The van der Waals surface area contributed by atoms with Crippen LogP contribution >= 0.6 is 11.6 Å². The molecule has 0 saturated heterocycles. The van der Waals surface area contributed by atoms with Crippen molar-refractivity contribution in [3.8, 4) is 0 Å². The third kappa shape index (κ3) is 4.04. The smallest absolute Gasteiger partial charge is 0.264 e. The lowest BCUT2D eigenvalue weighted by molar-refractivity contribution is 0.102. The fourth-order valence-corrected chi connectivity index (χ4v) is 5.09. The Labute approximate surface area is 179 Å². The fraction of sp³-hybridized carbons (Fsp3) is 0.136. The summed E-state index contributed by atoms with van der Waals surface area (Å²) in [5.41, 5.74) is 2.23. The molecule has 0 unspecified atom stereocenters. The average molecular weight is 445 g/mol. The van der Waals surface area contributed by atoms with Crippen LogP contribution in [0.1, 0.15) is 22.3 Å². The first-order valence-corrected chi connectivity index (χ1v) is 11.1. The summed E-state index contributed by atoms with van der Waals surface area (Å²) in [5.74, 6) is -0.731. The zero-order valence-electron chi connectivity index (χ0n) is 15.8. The number of amides is 1. The molecule has 5 nitrogen and oxygen atoms in total. The quantitative estimate of drug-likeness (QED) is 0.624. The van der Waals surface area contributed by atoms with Gasteiger partial charge in [0.15, 0.2) is 0 Å². The van der Waals surface area contributed by atoms with Crippen LogP contribution in [0.2, 0.25) is 5.02 Å². The van der Waals surface area contributed by atoms with E-state index in [2.05, 4.69) is 5.32 Å². The molecule has 0 saturated carbocycles. The first kappa shape index (κ1) is 20.4. The minimum atomic E-state index is -3.74. The maximum Gasteiger partial charge on any atom is 0.264 e. The van der Waals surface area contributed by atoms with Gasteiger partial charge in [0.1, 0.15) is 5.82 Å². The Morgan fingerprint density at radius 1 is 1.00 bits per heavy atom. The number of carbonyl (C=O) groups is 1. The Hall–Kier alpha value is -2.90. The molecule has 1 N–H and O–H groups in total. The number of hydrogen-bond acceptors (Lipinski definition) is 3. The normalized spacial score (nSPS) is 13.6. The number of nitrogens with one attached hydrogen (secondary N) is 1. The van der Waals surface area contributed by atoms with Gasteiger partial charge in [0.2, 0.25) is 0 Å². The summed E-state index contributed by atoms with van der Waals surface area (Å²) in [7, 11) is -3.74. The number of sulfonamides is 1. The van der Waals surface area contributed by atoms with Gasteiger partial charge in [-0.05, 0) is 85.1 Å². The zero-order valence-corrected chi connectivity index (χ0v) is 17.4. The molecule has 1 aliphatic rings. The predicted molar refractivity (Wildman–Crippen MR) is 115 cm³/mol. The van der Waals surface area contributed by atoms with Crippen molar-refractivity contribution in [1.82, 2.24) is 0 Å². The summed E-state index contributed by atoms with van der Waals surface area (Å²) in [6.07, 6.45) is 1.31. The highest BCUT2D eigenvalue weighted by Crippen LogP contribution is 2.33. The van der Waals surface area contributed by atoms with Crippen molar-refractivity contribution < 1.29 is 17.6 Å². The third-order valence-corrected chi connectivity index (χ3v) is 7.00. The Kier molecular flexibility index (Phi) is 5.49. The van der Waals surface area contributed by atoms with Crippen LogP contribution in [0, 0.1) is 5.82 Å². The number of anilines is 2. The van der Waals surface area contributed by atoms with E-state index in [1.54, 1.807) is 30.3 Å². The summed E-state index contributed by atoms with van der Waals surface area (Å²) >= 11 is 5.88. The maximum absolute atomic E-state index is 13.1. The maximum atomic E-state index is 13.1. The molecule has 1 heterocycles. The number of halogens is 2. The molecular weight excluding hydrogens is 427 g/mol. The van der Waals surface area contributed by atoms with Crippen LogP contribution in [0.5, 0.6) is 0 Å².